The molecule has 4 N–H and O–H groups in total. The average molecular weight is 374 g/mol. The van der Waals surface area contributed by atoms with Crippen LogP contribution in [0.25, 0.3) is 0 Å². The number of nitrogens with one attached hydrogen (secondary N) is 1. The van der Waals surface area contributed by atoms with E-state index in [1.165, 1.54) is 18.5 Å². The zero-order valence-electron chi connectivity index (χ0n) is 15.3. The molecular weight excluding hydrogens is 348 g/mol. The highest BCUT2D eigenvalue weighted by molar-refractivity contribution is 6.39. The Hall–Kier alpha value is -2.48. The van der Waals surface area contributed by atoms with E-state index < -0.39 is 17.7 Å². The lowest BCUT2D eigenvalue weighted by atomic mass is 9.79. The van der Waals surface area contributed by atoms with Crippen LogP contribution in [0, 0.1) is 5.92 Å². The second-order valence-electron chi connectivity index (χ2n) is 7.41. The Morgan fingerprint density at radius 3 is 2.56 bits per heavy atom. The molecule has 1 aromatic rings. The number of aromatic nitrogens is 1. The molecule has 3 amide bonds. The van der Waals surface area contributed by atoms with Crippen LogP contribution in [-0.2, 0) is 9.59 Å². The van der Waals surface area contributed by atoms with Gasteiger partial charge in [-0.05, 0) is 56.9 Å². The molecule has 3 rings (SSSR count). The van der Waals surface area contributed by atoms with Crippen molar-refractivity contribution in [2.24, 2.45) is 11.7 Å². The number of carbonyl (C=O) groups excluding carboxylic acids is 3. The van der Waals surface area contributed by atoms with E-state index in [1.807, 2.05) is 0 Å². The number of carbonyl (C=O) groups is 3. The number of likely N-dealkylation sites (tertiary alicyclic amines) is 1. The first-order valence-electron chi connectivity index (χ1n) is 9.50. The highest BCUT2D eigenvalue weighted by Gasteiger charge is 2.37. The molecule has 1 saturated carbocycles. The van der Waals surface area contributed by atoms with E-state index in [0.29, 0.717) is 12.5 Å². The number of piperidine rings is 1. The minimum Gasteiger partial charge on any atom is -0.393 e. The van der Waals surface area contributed by atoms with Crippen molar-refractivity contribution in [2.45, 2.75) is 57.1 Å². The third-order valence-electron chi connectivity index (χ3n) is 5.57. The average Bonchev–Trinajstić information content (AvgIpc) is 2.68. The third-order valence-corrected chi connectivity index (χ3v) is 5.57. The molecule has 0 unspecified atom stereocenters. The standard InChI is InChI=1S/C19H26N4O4/c20-17(25)13-9-14(11-21-10-13)22-18(26)19(27)23-8-2-1-3-16(23)12-4-6-15(24)7-5-12/h9-12,15-16,24H,1-8H2,(H2,20,25)(H,22,26)/t12-,15+,16-/m0/s1. The van der Waals surface area contributed by atoms with E-state index >= 15 is 0 Å². The smallest absolute Gasteiger partial charge is 0.313 e. The summed E-state index contributed by atoms with van der Waals surface area (Å²) in [5, 5.41) is 12.3. The normalized spacial score (nSPS) is 25.7. The van der Waals surface area contributed by atoms with E-state index in [-0.39, 0.29) is 23.4 Å². The summed E-state index contributed by atoms with van der Waals surface area (Å²) in [7, 11) is 0. The van der Waals surface area contributed by atoms with Crippen LogP contribution in [0.1, 0.15) is 55.3 Å². The largest absolute Gasteiger partial charge is 0.393 e. The molecule has 1 aliphatic heterocycles. The maximum Gasteiger partial charge on any atom is 0.313 e. The molecule has 1 aliphatic carbocycles. The second-order valence-corrected chi connectivity index (χ2v) is 7.41. The molecule has 0 aromatic carbocycles. The van der Waals surface area contributed by atoms with Crippen LogP contribution in [0.2, 0.25) is 0 Å². The van der Waals surface area contributed by atoms with Gasteiger partial charge in [0.25, 0.3) is 0 Å². The second kappa shape index (κ2) is 8.47. The Morgan fingerprint density at radius 2 is 1.85 bits per heavy atom. The molecule has 2 heterocycles. The lowest BCUT2D eigenvalue weighted by Gasteiger charge is -2.42. The highest BCUT2D eigenvalue weighted by Crippen LogP contribution is 2.34. The van der Waals surface area contributed by atoms with Gasteiger partial charge >= 0.3 is 11.8 Å². The summed E-state index contributed by atoms with van der Waals surface area (Å²) in [5.74, 6) is -1.62. The molecule has 146 valence electrons. The van der Waals surface area contributed by atoms with Gasteiger partial charge in [0, 0.05) is 18.8 Å². The van der Waals surface area contributed by atoms with Gasteiger partial charge in [-0.2, -0.15) is 0 Å². The van der Waals surface area contributed by atoms with Crippen LogP contribution in [0.15, 0.2) is 18.5 Å². The zero-order chi connectivity index (χ0) is 19.4. The first-order chi connectivity index (χ1) is 13.0. The van der Waals surface area contributed by atoms with E-state index in [1.54, 1.807) is 4.90 Å². The number of pyridine rings is 1. The third kappa shape index (κ3) is 4.63. The fourth-order valence-electron chi connectivity index (χ4n) is 4.14. The van der Waals surface area contributed by atoms with Gasteiger partial charge in [-0.25, -0.2) is 0 Å². The van der Waals surface area contributed by atoms with Crippen molar-refractivity contribution < 1.29 is 19.5 Å². The molecule has 0 spiro atoms. The first kappa shape index (κ1) is 19.3. The number of anilines is 1. The molecule has 2 fully saturated rings. The first-order valence-corrected chi connectivity index (χ1v) is 9.50. The monoisotopic (exact) mass is 374 g/mol. The number of amides is 3. The van der Waals surface area contributed by atoms with E-state index in [9.17, 15) is 19.5 Å². The number of primary amides is 1. The van der Waals surface area contributed by atoms with Gasteiger partial charge in [0.15, 0.2) is 0 Å². The summed E-state index contributed by atoms with van der Waals surface area (Å²) < 4.78 is 0. The predicted octanol–water partition coefficient (Wildman–Crippen LogP) is 1.05. The topological polar surface area (TPSA) is 126 Å². The van der Waals surface area contributed by atoms with Crippen molar-refractivity contribution in [1.29, 1.82) is 0 Å². The fraction of sp³-hybridized carbons (Fsp3) is 0.579. The van der Waals surface area contributed by atoms with Crippen LogP contribution in [0.4, 0.5) is 5.69 Å². The predicted molar refractivity (Wildman–Crippen MR) is 98.7 cm³/mol. The summed E-state index contributed by atoms with van der Waals surface area (Å²) in [4.78, 5) is 42.1. The SMILES string of the molecule is NC(=O)c1cncc(NC(=O)C(=O)N2CCCC[C@H]2[C@H]2CC[C@@H](O)CC2)c1. The molecule has 8 nitrogen and oxygen atoms in total. The van der Waals surface area contributed by atoms with Crippen LogP contribution in [0.5, 0.6) is 0 Å². The number of hydrogen-bond donors (Lipinski definition) is 3. The molecule has 27 heavy (non-hydrogen) atoms. The highest BCUT2D eigenvalue weighted by atomic mass is 16.3. The number of rotatable bonds is 3. The number of hydrogen-bond acceptors (Lipinski definition) is 5. The lowest BCUT2D eigenvalue weighted by Crippen LogP contribution is -2.52. The van der Waals surface area contributed by atoms with Gasteiger partial charge in [0.2, 0.25) is 5.91 Å². The molecule has 1 atom stereocenters. The van der Waals surface area contributed by atoms with Gasteiger partial charge in [0.05, 0.1) is 23.6 Å². The Balaban J connectivity index is 1.67. The van der Waals surface area contributed by atoms with Gasteiger partial charge < -0.3 is 21.1 Å². The summed E-state index contributed by atoms with van der Waals surface area (Å²) in [6.45, 7) is 0.565. The van der Waals surface area contributed by atoms with Crippen molar-refractivity contribution >= 4 is 23.4 Å². The van der Waals surface area contributed by atoms with Crippen LogP contribution < -0.4 is 11.1 Å². The molecule has 1 saturated heterocycles. The van der Waals surface area contributed by atoms with E-state index in [2.05, 4.69) is 10.3 Å². The summed E-state index contributed by atoms with van der Waals surface area (Å²) >= 11 is 0. The number of aliphatic hydroxyl groups excluding tert-OH is 1. The van der Waals surface area contributed by atoms with E-state index in [0.717, 1.165) is 44.9 Å². The quantitative estimate of drug-likeness (QED) is 0.682. The summed E-state index contributed by atoms with van der Waals surface area (Å²) in [5.41, 5.74) is 5.64. The van der Waals surface area contributed by atoms with Crippen LogP contribution in [0.3, 0.4) is 0 Å². The molecule has 8 heteroatoms. The minimum absolute atomic E-state index is 0.0413. The van der Waals surface area contributed by atoms with Gasteiger partial charge in [-0.3, -0.25) is 19.4 Å². The van der Waals surface area contributed by atoms with E-state index in [4.69, 9.17) is 5.73 Å². The molecule has 2 aliphatic rings. The van der Waals surface area contributed by atoms with Gasteiger partial charge in [-0.15, -0.1) is 0 Å². The Bertz CT molecular complexity index is 715. The summed E-state index contributed by atoms with van der Waals surface area (Å²) in [6, 6.07) is 1.44. The maximum absolute atomic E-state index is 12.8. The molecule has 0 bridgehead atoms. The van der Waals surface area contributed by atoms with Crippen molar-refractivity contribution in [3.8, 4) is 0 Å². The molecule has 0 radical (unpaired) electrons. The van der Waals surface area contributed by atoms with Gasteiger partial charge in [0.1, 0.15) is 0 Å². The number of nitrogens with zero attached hydrogens (tertiary/aromatic N) is 2. The van der Waals surface area contributed by atoms with Crippen molar-refractivity contribution in [1.82, 2.24) is 9.88 Å². The van der Waals surface area contributed by atoms with Crippen molar-refractivity contribution in [2.75, 3.05) is 11.9 Å². The molecule has 1 aromatic heterocycles. The van der Waals surface area contributed by atoms with Crippen LogP contribution in [-0.4, -0.2) is 51.4 Å². The fourth-order valence-corrected chi connectivity index (χ4v) is 4.14. The zero-order valence-corrected chi connectivity index (χ0v) is 15.3. The van der Waals surface area contributed by atoms with Gasteiger partial charge in [-0.1, -0.05) is 0 Å². The lowest BCUT2D eigenvalue weighted by molar-refractivity contribution is -0.147. The van der Waals surface area contributed by atoms with Crippen LogP contribution >= 0.6 is 0 Å². The Labute approximate surface area is 158 Å². The minimum atomic E-state index is -0.735. The molecular formula is C19H26N4O4. The summed E-state index contributed by atoms with van der Waals surface area (Å²) in [6.07, 6.45) is 8.49. The van der Waals surface area contributed by atoms with Crippen molar-refractivity contribution in [3.05, 3.63) is 24.0 Å². The number of aliphatic hydroxyl groups is 1. The number of nitrogens with two attached hydrogens (primary N) is 1. The Morgan fingerprint density at radius 1 is 1.11 bits per heavy atom. The van der Waals surface area contributed by atoms with Crippen molar-refractivity contribution in [3.63, 3.8) is 0 Å². The maximum atomic E-state index is 12.8. The Kier molecular flexibility index (Phi) is 6.05.